The molecule has 0 atom stereocenters. The van der Waals surface area contributed by atoms with Crippen molar-refractivity contribution in [2.24, 2.45) is 7.05 Å². The Morgan fingerprint density at radius 1 is 0.941 bits per heavy atom. The summed E-state index contributed by atoms with van der Waals surface area (Å²) >= 11 is 5.88. The van der Waals surface area contributed by atoms with Gasteiger partial charge in [-0.15, -0.1) is 0 Å². The SMILES string of the molecule is Cn1c(=O)oc2cc(S(=O)(=O)Nc3ccc4c(c3)N(S(=O)(=O)c3ccc(Cl)cc3)CC4)ccc21. The topological polar surface area (TPSA) is 119 Å². The molecule has 5 rings (SSSR count). The molecule has 0 amide bonds. The summed E-state index contributed by atoms with van der Waals surface area (Å²) in [6.07, 6.45) is 0.499. The van der Waals surface area contributed by atoms with Crippen LogP contribution in [-0.4, -0.2) is 27.9 Å². The lowest BCUT2D eigenvalue weighted by molar-refractivity contribution is 0.527. The third-order valence-electron chi connectivity index (χ3n) is 5.67. The number of hydrogen-bond acceptors (Lipinski definition) is 6. The minimum absolute atomic E-state index is 0.0911. The molecule has 0 radical (unpaired) electrons. The zero-order valence-corrected chi connectivity index (χ0v) is 20.1. The molecule has 3 aromatic carbocycles. The molecule has 34 heavy (non-hydrogen) atoms. The largest absolute Gasteiger partial charge is 0.419 e. The van der Waals surface area contributed by atoms with Crippen molar-refractivity contribution in [2.75, 3.05) is 15.6 Å². The molecule has 4 aromatic rings. The predicted octanol–water partition coefficient (Wildman–Crippen LogP) is 3.34. The van der Waals surface area contributed by atoms with Gasteiger partial charge in [0, 0.05) is 24.7 Å². The number of halogens is 1. The number of nitrogens with zero attached hydrogens (tertiary/aromatic N) is 2. The van der Waals surface area contributed by atoms with Gasteiger partial charge in [0.25, 0.3) is 20.0 Å². The van der Waals surface area contributed by atoms with Crippen LogP contribution in [0.1, 0.15) is 5.56 Å². The van der Waals surface area contributed by atoms with Crippen molar-refractivity contribution in [1.29, 1.82) is 0 Å². The first-order valence-corrected chi connectivity index (χ1v) is 13.4. The number of aromatic nitrogens is 1. The van der Waals surface area contributed by atoms with Crippen LogP contribution in [0, 0.1) is 0 Å². The summed E-state index contributed by atoms with van der Waals surface area (Å²) in [5, 5.41) is 0.422. The summed E-state index contributed by atoms with van der Waals surface area (Å²) in [5.41, 5.74) is 1.99. The second-order valence-electron chi connectivity index (χ2n) is 7.79. The summed E-state index contributed by atoms with van der Waals surface area (Å²) in [4.78, 5) is 11.7. The van der Waals surface area contributed by atoms with Crippen LogP contribution in [-0.2, 0) is 33.5 Å². The number of nitrogens with one attached hydrogen (secondary N) is 1. The van der Waals surface area contributed by atoms with Crippen LogP contribution in [0.3, 0.4) is 0 Å². The molecule has 0 aliphatic carbocycles. The maximum Gasteiger partial charge on any atom is 0.419 e. The number of fused-ring (bicyclic) bond motifs is 2. The third kappa shape index (κ3) is 3.75. The summed E-state index contributed by atoms with van der Waals surface area (Å²) in [5.74, 6) is -0.599. The van der Waals surface area contributed by atoms with Crippen molar-refractivity contribution in [1.82, 2.24) is 4.57 Å². The molecule has 1 aliphatic heterocycles. The predicted molar refractivity (Wildman–Crippen MR) is 128 cm³/mol. The standard InChI is InChI=1S/C22H18ClN3O6S2/c1-25-19-9-8-18(13-21(19)32-22(25)27)33(28,29)24-16-5-2-14-10-11-26(20(14)12-16)34(30,31)17-6-3-15(23)4-7-17/h2-9,12-13,24H,10-11H2,1H3. The fourth-order valence-corrected chi connectivity index (χ4v) is 6.58. The zero-order chi connectivity index (χ0) is 24.3. The Morgan fingerprint density at radius 3 is 2.38 bits per heavy atom. The summed E-state index contributed by atoms with van der Waals surface area (Å²) in [6, 6.07) is 14.8. The molecule has 0 spiro atoms. The van der Waals surface area contributed by atoms with E-state index in [1.807, 2.05) is 0 Å². The summed E-state index contributed by atoms with van der Waals surface area (Å²) < 4.78 is 62.4. The molecule has 1 aliphatic rings. The molecule has 0 saturated carbocycles. The molecule has 9 nitrogen and oxygen atoms in total. The van der Waals surface area contributed by atoms with Crippen LogP contribution in [0.25, 0.3) is 11.1 Å². The quantitative estimate of drug-likeness (QED) is 0.432. The first-order valence-electron chi connectivity index (χ1n) is 10.1. The number of anilines is 2. The van der Waals surface area contributed by atoms with Gasteiger partial charge in [-0.1, -0.05) is 17.7 Å². The number of benzene rings is 3. The lowest BCUT2D eigenvalue weighted by atomic mass is 10.1. The fraction of sp³-hybridized carbons (Fsp3) is 0.136. The van der Waals surface area contributed by atoms with Crippen molar-refractivity contribution in [3.05, 3.63) is 81.8 Å². The average Bonchev–Trinajstić information content (AvgIpc) is 3.34. The van der Waals surface area contributed by atoms with Crippen molar-refractivity contribution < 1.29 is 21.3 Å². The van der Waals surface area contributed by atoms with Gasteiger partial charge in [-0.05, 0) is 60.5 Å². The van der Waals surface area contributed by atoms with Crippen molar-refractivity contribution >= 4 is 54.1 Å². The van der Waals surface area contributed by atoms with Crippen LogP contribution in [0.2, 0.25) is 5.02 Å². The second kappa shape index (κ2) is 7.90. The molecule has 0 fully saturated rings. The van der Waals surface area contributed by atoms with Crippen molar-refractivity contribution in [3.8, 4) is 0 Å². The number of sulfonamides is 2. The van der Waals surface area contributed by atoms with E-state index in [1.54, 1.807) is 12.1 Å². The number of oxazole rings is 1. The normalized spacial score (nSPS) is 13.9. The first-order chi connectivity index (χ1) is 16.1. The maximum atomic E-state index is 13.2. The van der Waals surface area contributed by atoms with Crippen molar-refractivity contribution in [2.45, 2.75) is 16.2 Å². The first kappa shape index (κ1) is 22.5. The van der Waals surface area contributed by atoms with E-state index in [2.05, 4.69) is 4.72 Å². The van der Waals surface area contributed by atoms with Crippen molar-refractivity contribution in [3.63, 3.8) is 0 Å². The summed E-state index contributed by atoms with van der Waals surface area (Å²) in [7, 11) is -6.37. The molecular formula is C22H18ClN3O6S2. The highest BCUT2D eigenvalue weighted by molar-refractivity contribution is 7.93. The minimum Gasteiger partial charge on any atom is -0.408 e. The lowest BCUT2D eigenvalue weighted by Gasteiger charge is -2.20. The molecule has 176 valence electrons. The molecule has 2 heterocycles. The lowest BCUT2D eigenvalue weighted by Crippen LogP contribution is -2.29. The van der Waals surface area contributed by atoms with E-state index in [4.69, 9.17) is 16.0 Å². The van der Waals surface area contributed by atoms with Gasteiger partial charge in [0.15, 0.2) is 5.58 Å². The van der Waals surface area contributed by atoms with Crippen LogP contribution < -0.4 is 14.8 Å². The van der Waals surface area contributed by atoms with Gasteiger partial charge in [-0.2, -0.15) is 0 Å². The highest BCUT2D eigenvalue weighted by Gasteiger charge is 2.31. The molecule has 1 N–H and O–H groups in total. The highest BCUT2D eigenvalue weighted by atomic mass is 35.5. The van der Waals surface area contributed by atoms with E-state index in [-0.39, 0.29) is 27.6 Å². The molecular weight excluding hydrogens is 502 g/mol. The second-order valence-corrected chi connectivity index (χ2v) is 11.8. The zero-order valence-electron chi connectivity index (χ0n) is 17.7. The van der Waals surface area contributed by atoms with E-state index in [0.717, 1.165) is 5.56 Å². The van der Waals surface area contributed by atoms with Gasteiger partial charge in [0.05, 0.1) is 26.7 Å². The molecule has 0 bridgehead atoms. The Bertz CT molecular complexity index is 1710. The van der Waals surface area contributed by atoms with Gasteiger partial charge in [-0.3, -0.25) is 13.6 Å². The van der Waals surface area contributed by atoms with E-state index >= 15 is 0 Å². The number of rotatable bonds is 5. The Hall–Kier alpha value is -3.28. The number of hydrogen-bond donors (Lipinski definition) is 1. The van der Waals surface area contributed by atoms with Crippen LogP contribution in [0.5, 0.6) is 0 Å². The van der Waals surface area contributed by atoms with E-state index in [9.17, 15) is 21.6 Å². The molecule has 0 saturated heterocycles. The van der Waals surface area contributed by atoms with E-state index in [1.165, 1.54) is 64.5 Å². The summed E-state index contributed by atoms with van der Waals surface area (Å²) in [6.45, 7) is 0.236. The van der Waals surface area contributed by atoms with E-state index in [0.29, 0.717) is 22.6 Å². The van der Waals surface area contributed by atoms with Gasteiger partial charge in [0.1, 0.15) is 0 Å². The highest BCUT2D eigenvalue weighted by Crippen LogP contribution is 2.36. The maximum absolute atomic E-state index is 13.2. The third-order valence-corrected chi connectivity index (χ3v) is 9.12. The Morgan fingerprint density at radius 2 is 1.65 bits per heavy atom. The molecule has 12 heteroatoms. The number of aryl methyl sites for hydroxylation is 1. The van der Waals surface area contributed by atoms with Gasteiger partial charge in [0.2, 0.25) is 0 Å². The monoisotopic (exact) mass is 519 g/mol. The van der Waals surface area contributed by atoms with Gasteiger partial charge in [-0.25, -0.2) is 21.6 Å². The molecule has 1 aromatic heterocycles. The minimum atomic E-state index is -4.04. The average molecular weight is 520 g/mol. The van der Waals surface area contributed by atoms with Crippen LogP contribution >= 0.6 is 11.6 Å². The Kier molecular flexibility index (Phi) is 5.23. The van der Waals surface area contributed by atoms with Gasteiger partial charge < -0.3 is 4.42 Å². The Labute approximate surface area is 200 Å². The van der Waals surface area contributed by atoms with Gasteiger partial charge >= 0.3 is 5.76 Å². The fourth-order valence-electron chi connectivity index (χ4n) is 3.89. The molecule has 0 unspecified atom stereocenters. The van der Waals surface area contributed by atoms with Crippen LogP contribution in [0.15, 0.2) is 79.7 Å². The van der Waals surface area contributed by atoms with Crippen LogP contribution in [0.4, 0.5) is 11.4 Å². The smallest absolute Gasteiger partial charge is 0.408 e. The Balaban J connectivity index is 1.48. The van der Waals surface area contributed by atoms with E-state index < -0.39 is 25.8 Å².